The number of fused-ring (bicyclic) bond motifs is 1. The topological polar surface area (TPSA) is 97.8 Å². The SMILES string of the molecule is CCC1Oc2ccc(-c3csc(C)n3)cc2N(CC(=O)Nc2ccc(C(=O)OC)cc2)C1=O. The van der Waals surface area contributed by atoms with E-state index in [2.05, 4.69) is 15.0 Å². The summed E-state index contributed by atoms with van der Waals surface area (Å²) in [6, 6.07) is 11.9. The number of aromatic nitrogens is 1. The number of ether oxygens (including phenoxy) is 2. The van der Waals surface area contributed by atoms with Crippen LogP contribution in [0.2, 0.25) is 0 Å². The van der Waals surface area contributed by atoms with Crippen LogP contribution in [0.25, 0.3) is 11.3 Å². The number of anilines is 2. The minimum atomic E-state index is -0.656. The molecule has 9 heteroatoms. The molecule has 0 fully saturated rings. The molecule has 0 aliphatic carbocycles. The Morgan fingerprint density at radius 3 is 2.61 bits per heavy atom. The van der Waals surface area contributed by atoms with E-state index in [4.69, 9.17) is 4.74 Å². The van der Waals surface area contributed by atoms with Crippen molar-refractivity contribution in [1.82, 2.24) is 4.98 Å². The highest BCUT2D eigenvalue weighted by Gasteiger charge is 2.34. The number of hydrogen-bond acceptors (Lipinski definition) is 7. The molecule has 2 heterocycles. The zero-order valence-corrected chi connectivity index (χ0v) is 19.3. The normalized spacial score (nSPS) is 14.9. The van der Waals surface area contributed by atoms with Gasteiger partial charge in [0, 0.05) is 16.6 Å². The fourth-order valence-corrected chi connectivity index (χ4v) is 4.17. The molecule has 1 aliphatic heterocycles. The predicted molar refractivity (Wildman–Crippen MR) is 126 cm³/mol. The average molecular weight is 466 g/mol. The molecule has 4 rings (SSSR count). The number of hydrogen-bond donors (Lipinski definition) is 1. The van der Waals surface area contributed by atoms with Crippen LogP contribution in [0.4, 0.5) is 11.4 Å². The second-order valence-corrected chi connectivity index (χ2v) is 8.55. The van der Waals surface area contributed by atoms with E-state index in [0.717, 1.165) is 16.3 Å². The van der Waals surface area contributed by atoms with Crippen LogP contribution in [0.15, 0.2) is 47.8 Å². The van der Waals surface area contributed by atoms with Gasteiger partial charge in [-0.05, 0) is 55.8 Å². The molecule has 2 amide bonds. The number of rotatable bonds is 6. The first-order valence-corrected chi connectivity index (χ1v) is 11.3. The average Bonchev–Trinajstić information content (AvgIpc) is 3.26. The van der Waals surface area contributed by atoms with E-state index < -0.39 is 12.1 Å². The maximum absolute atomic E-state index is 13.1. The van der Waals surface area contributed by atoms with Gasteiger partial charge in [0.1, 0.15) is 12.3 Å². The van der Waals surface area contributed by atoms with Crippen molar-refractivity contribution in [2.45, 2.75) is 26.4 Å². The van der Waals surface area contributed by atoms with Crippen LogP contribution in [0.5, 0.6) is 5.75 Å². The molecule has 1 aromatic heterocycles. The number of methoxy groups -OCH3 is 1. The van der Waals surface area contributed by atoms with E-state index in [1.807, 2.05) is 37.4 Å². The summed E-state index contributed by atoms with van der Waals surface area (Å²) in [5.41, 5.74) is 3.06. The first-order chi connectivity index (χ1) is 15.9. The molecule has 1 unspecified atom stereocenters. The summed E-state index contributed by atoms with van der Waals surface area (Å²) in [5, 5.41) is 5.66. The predicted octanol–water partition coefficient (Wildman–Crippen LogP) is 4.05. The smallest absolute Gasteiger partial charge is 0.337 e. The minimum Gasteiger partial charge on any atom is -0.478 e. The lowest BCUT2D eigenvalue weighted by Gasteiger charge is -2.34. The number of aryl methyl sites for hydroxylation is 1. The van der Waals surface area contributed by atoms with Crippen molar-refractivity contribution >= 4 is 40.5 Å². The fourth-order valence-electron chi connectivity index (χ4n) is 3.55. The van der Waals surface area contributed by atoms with Gasteiger partial charge >= 0.3 is 5.97 Å². The van der Waals surface area contributed by atoms with Crippen molar-refractivity contribution in [2.24, 2.45) is 0 Å². The van der Waals surface area contributed by atoms with Crippen molar-refractivity contribution in [3.8, 4) is 17.0 Å². The maximum atomic E-state index is 13.1. The summed E-state index contributed by atoms with van der Waals surface area (Å²) in [6.07, 6.45) is -0.171. The number of carbonyl (C=O) groups is 3. The molecule has 0 spiro atoms. The van der Waals surface area contributed by atoms with Crippen LogP contribution in [0, 0.1) is 6.92 Å². The Hall–Kier alpha value is -3.72. The zero-order chi connectivity index (χ0) is 23.5. The molecular weight excluding hydrogens is 442 g/mol. The number of amides is 2. The van der Waals surface area contributed by atoms with Gasteiger partial charge in [-0.1, -0.05) is 6.92 Å². The van der Waals surface area contributed by atoms with Crippen LogP contribution in [-0.4, -0.2) is 42.5 Å². The lowest BCUT2D eigenvalue weighted by Crippen LogP contribution is -2.48. The van der Waals surface area contributed by atoms with Gasteiger partial charge in [0.2, 0.25) is 5.91 Å². The Labute approximate surface area is 195 Å². The Morgan fingerprint density at radius 1 is 1.21 bits per heavy atom. The molecule has 0 radical (unpaired) electrons. The van der Waals surface area contributed by atoms with E-state index in [1.54, 1.807) is 35.6 Å². The first kappa shape index (κ1) is 22.5. The first-order valence-electron chi connectivity index (χ1n) is 10.4. The van der Waals surface area contributed by atoms with Gasteiger partial charge in [-0.25, -0.2) is 9.78 Å². The molecule has 170 valence electrons. The molecule has 1 N–H and O–H groups in total. The quantitative estimate of drug-likeness (QED) is 0.552. The molecule has 1 atom stereocenters. The second-order valence-electron chi connectivity index (χ2n) is 7.49. The van der Waals surface area contributed by atoms with Crippen molar-refractivity contribution in [2.75, 3.05) is 23.9 Å². The lowest BCUT2D eigenvalue weighted by atomic mass is 10.1. The van der Waals surface area contributed by atoms with Crippen LogP contribution < -0.4 is 15.0 Å². The van der Waals surface area contributed by atoms with E-state index in [0.29, 0.717) is 29.1 Å². The largest absolute Gasteiger partial charge is 0.478 e. The number of benzene rings is 2. The van der Waals surface area contributed by atoms with Crippen molar-refractivity contribution in [1.29, 1.82) is 0 Å². The Morgan fingerprint density at radius 2 is 1.97 bits per heavy atom. The van der Waals surface area contributed by atoms with Gasteiger partial charge in [0.15, 0.2) is 6.10 Å². The third-order valence-electron chi connectivity index (χ3n) is 5.24. The van der Waals surface area contributed by atoms with E-state index in [1.165, 1.54) is 12.0 Å². The van der Waals surface area contributed by atoms with Crippen LogP contribution in [0.3, 0.4) is 0 Å². The number of esters is 1. The number of thiazole rings is 1. The van der Waals surface area contributed by atoms with Crippen molar-refractivity contribution in [3.05, 3.63) is 58.4 Å². The molecule has 0 bridgehead atoms. The van der Waals surface area contributed by atoms with E-state index >= 15 is 0 Å². The number of nitrogens with zero attached hydrogens (tertiary/aromatic N) is 2. The molecule has 2 aromatic carbocycles. The molecule has 1 aliphatic rings. The fraction of sp³-hybridized carbons (Fsp3) is 0.250. The summed E-state index contributed by atoms with van der Waals surface area (Å²) >= 11 is 1.54. The van der Waals surface area contributed by atoms with Gasteiger partial charge in [-0.3, -0.25) is 14.5 Å². The van der Waals surface area contributed by atoms with Crippen LogP contribution in [-0.2, 0) is 14.3 Å². The van der Waals surface area contributed by atoms with Gasteiger partial charge in [-0.2, -0.15) is 0 Å². The van der Waals surface area contributed by atoms with Crippen LogP contribution in [0.1, 0.15) is 28.7 Å². The third-order valence-corrected chi connectivity index (χ3v) is 6.01. The third kappa shape index (κ3) is 4.73. The highest BCUT2D eigenvalue weighted by molar-refractivity contribution is 7.09. The zero-order valence-electron chi connectivity index (χ0n) is 18.5. The van der Waals surface area contributed by atoms with Gasteiger partial charge in [0.25, 0.3) is 5.91 Å². The highest BCUT2D eigenvalue weighted by atomic mass is 32.1. The monoisotopic (exact) mass is 465 g/mol. The molecular formula is C24H23N3O5S. The van der Waals surface area contributed by atoms with Gasteiger partial charge in [0.05, 0.1) is 29.1 Å². The molecule has 33 heavy (non-hydrogen) atoms. The summed E-state index contributed by atoms with van der Waals surface area (Å²) < 4.78 is 10.6. The maximum Gasteiger partial charge on any atom is 0.337 e. The summed E-state index contributed by atoms with van der Waals surface area (Å²) in [6.45, 7) is 3.62. The standard InChI is InChI=1S/C24H23N3O5S/c1-4-20-23(29)27(12-22(28)26-17-8-5-15(6-9-17)24(30)31-3)19-11-16(7-10-21(19)32-20)18-13-33-14(2)25-18/h5-11,13,20H,4,12H2,1-3H3,(H,26,28). The van der Waals surface area contributed by atoms with E-state index in [-0.39, 0.29) is 18.4 Å². The number of nitrogens with one attached hydrogen (secondary N) is 1. The summed E-state index contributed by atoms with van der Waals surface area (Å²) in [5.74, 6) is -0.549. The lowest BCUT2D eigenvalue weighted by molar-refractivity contribution is -0.128. The van der Waals surface area contributed by atoms with Crippen molar-refractivity contribution in [3.63, 3.8) is 0 Å². The molecule has 3 aromatic rings. The molecule has 0 saturated carbocycles. The molecule has 0 saturated heterocycles. The van der Waals surface area contributed by atoms with Gasteiger partial charge in [-0.15, -0.1) is 11.3 Å². The Kier molecular flexibility index (Phi) is 6.41. The highest BCUT2D eigenvalue weighted by Crippen LogP contribution is 2.38. The molecule has 8 nitrogen and oxygen atoms in total. The van der Waals surface area contributed by atoms with Crippen LogP contribution >= 0.6 is 11.3 Å². The minimum absolute atomic E-state index is 0.177. The Bertz CT molecular complexity index is 1210. The number of carbonyl (C=O) groups excluding carboxylic acids is 3. The second kappa shape index (κ2) is 9.41. The summed E-state index contributed by atoms with van der Waals surface area (Å²) in [7, 11) is 1.31. The summed E-state index contributed by atoms with van der Waals surface area (Å²) in [4.78, 5) is 43.4. The van der Waals surface area contributed by atoms with Gasteiger partial charge < -0.3 is 14.8 Å². The Balaban J connectivity index is 1.57. The van der Waals surface area contributed by atoms with Crippen molar-refractivity contribution < 1.29 is 23.9 Å². The van der Waals surface area contributed by atoms with E-state index in [9.17, 15) is 14.4 Å².